The Morgan fingerprint density at radius 1 is 1.32 bits per heavy atom. The molecule has 0 aromatic heterocycles. The maximum atomic E-state index is 12.2. The minimum Gasteiger partial charge on any atom is -0.378 e. The number of nitrogens with zero attached hydrogens (tertiary/aromatic N) is 2. The molecule has 1 aliphatic heterocycles. The van der Waals surface area contributed by atoms with Crippen molar-refractivity contribution in [1.82, 2.24) is 4.90 Å². The molecule has 1 atom stereocenters. The minimum absolute atomic E-state index is 0.171. The van der Waals surface area contributed by atoms with Crippen LogP contribution in [0.3, 0.4) is 0 Å². The number of benzene rings is 1. The van der Waals surface area contributed by atoms with Crippen molar-refractivity contribution < 1.29 is 4.79 Å². The lowest BCUT2D eigenvalue weighted by molar-refractivity contribution is -0.130. The molecule has 0 bridgehead atoms. The van der Waals surface area contributed by atoms with Crippen molar-refractivity contribution in [2.24, 2.45) is 0 Å². The molecule has 1 saturated heterocycles. The molecular weight excluding hydrogens is 238 g/mol. The van der Waals surface area contributed by atoms with Crippen molar-refractivity contribution in [2.75, 3.05) is 37.4 Å². The fourth-order valence-electron chi connectivity index (χ4n) is 2.40. The third kappa shape index (κ3) is 3.40. The van der Waals surface area contributed by atoms with Crippen LogP contribution in [0.5, 0.6) is 0 Å². The molecule has 1 aromatic carbocycles. The molecule has 104 valence electrons. The van der Waals surface area contributed by atoms with E-state index in [4.69, 9.17) is 0 Å². The third-order valence-electron chi connectivity index (χ3n) is 3.53. The Bertz CT molecular complexity index is 439. The third-order valence-corrected chi connectivity index (χ3v) is 3.53. The van der Waals surface area contributed by atoms with Gasteiger partial charge in [-0.2, -0.15) is 0 Å². The van der Waals surface area contributed by atoms with Gasteiger partial charge >= 0.3 is 0 Å². The van der Waals surface area contributed by atoms with Crippen LogP contribution < -0.4 is 10.2 Å². The zero-order valence-corrected chi connectivity index (χ0v) is 12.0. The Balaban J connectivity index is 1.99. The molecule has 0 aliphatic carbocycles. The maximum Gasteiger partial charge on any atom is 0.244 e. The number of likely N-dealkylation sites (tertiary alicyclic amines) is 1. The predicted molar refractivity (Wildman–Crippen MR) is 79.7 cm³/mol. The topological polar surface area (TPSA) is 35.6 Å². The molecule has 1 aliphatic rings. The lowest BCUT2D eigenvalue weighted by Gasteiger charge is -2.22. The molecular formula is C15H23N3O. The lowest BCUT2D eigenvalue weighted by Crippen LogP contribution is -2.39. The first-order chi connectivity index (χ1) is 9.08. The normalized spacial score (nSPS) is 16.3. The van der Waals surface area contributed by atoms with Crippen LogP contribution >= 0.6 is 0 Å². The highest BCUT2D eigenvalue weighted by Crippen LogP contribution is 2.19. The monoisotopic (exact) mass is 261 g/mol. The molecule has 1 fully saturated rings. The van der Waals surface area contributed by atoms with Crippen LogP contribution in [-0.2, 0) is 4.79 Å². The van der Waals surface area contributed by atoms with Crippen molar-refractivity contribution in [3.8, 4) is 0 Å². The minimum atomic E-state index is -0.171. The summed E-state index contributed by atoms with van der Waals surface area (Å²) in [4.78, 5) is 16.2. The van der Waals surface area contributed by atoms with Gasteiger partial charge in [-0.15, -0.1) is 0 Å². The first-order valence-corrected chi connectivity index (χ1v) is 6.90. The van der Waals surface area contributed by atoms with E-state index < -0.39 is 0 Å². The largest absolute Gasteiger partial charge is 0.378 e. The molecule has 1 aromatic rings. The summed E-state index contributed by atoms with van der Waals surface area (Å²) < 4.78 is 0. The Hall–Kier alpha value is -1.71. The van der Waals surface area contributed by atoms with Gasteiger partial charge in [-0.1, -0.05) is 6.07 Å². The van der Waals surface area contributed by atoms with Gasteiger partial charge in [0.1, 0.15) is 6.04 Å². The molecule has 2 rings (SSSR count). The first-order valence-electron chi connectivity index (χ1n) is 6.90. The van der Waals surface area contributed by atoms with Gasteiger partial charge in [0.2, 0.25) is 5.91 Å². The summed E-state index contributed by atoms with van der Waals surface area (Å²) >= 11 is 0. The van der Waals surface area contributed by atoms with Gasteiger partial charge < -0.3 is 15.1 Å². The molecule has 0 spiro atoms. The number of anilines is 2. The van der Waals surface area contributed by atoms with Crippen molar-refractivity contribution in [2.45, 2.75) is 25.8 Å². The highest BCUT2D eigenvalue weighted by atomic mass is 16.2. The molecule has 19 heavy (non-hydrogen) atoms. The standard InChI is InChI=1S/C15H23N3O/c1-12(15(19)18-9-4-5-10-18)16-13-7-6-8-14(11-13)17(2)3/h6-8,11-12,16H,4-5,9-10H2,1-3H3. The zero-order valence-electron chi connectivity index (χ0n) is 12.0. The fourth-order valence-corrected chi connectivity index (χ4v) is 2.40. The summed E-state index contributed by atoms with van der Waals surface area (Å²) in [6.45, 7) is 3.74. The van der Waals surface area contributed by atoms with E-state index in [-0.39, 0.29) is 11.9 Å². The number of carbonyl (C=O) groups is 1. The van der Waals surface area contributed by atoms with Gasteiger partial charge in [0.05, 0.1) is 0 Å². The van der Waals surface area contributed by atoms with Crippen molar-refractivity contribution in [3.05, 3.63) is 24.3 Å². The molecule has 1 N–H and O–H groups in total. The Kier molecular flexibility index (Phi) is 4.30. The van der Waals surface area contributed by atoms with Crippen LogP contribution in [0.2, 0.25) is 0 Å². The van der Waals surface area contributed by atoms with E-state index in [1.165, 1.54) is 0 Å². The SMILES string of the molecule is CC(Nc1cccc(N(C)C)c1)C(=O)N1CCCC1. The number of hydrogen-bond donors (Lipinski definition) is 1. The van der Waals surface area contributed by atoms with E-state index in [0.717, 1.165) is 37.3 Å². The van der Waals surface area contributed by atoms with Gasteiger partial charge in [-0.05, 0) is 38.0 Å². The van der Waals surface area contributed by atoms with E-state index >= 15 is 0 Å². The molecule has 0 radical (unpaired) electrons. The fraction of sp³-hybridized carbons (Fsp3) is 0.533. The summed E-state index contributed by atoms with van der Waals surface area (Å²) in [5.41, 5.74) is 2.12. The van der Waals surface area contributed by atoms with Crippen LogP contribution in [0.4, 0.5) is 11.4 Å². The second kappa shape index (κ2) is 5.95. The molecule has 4 nitrogen and oxygen atoms in total. The maximum absolute atomic E-state index is 12.2. The average molecular weight is 261 g/mol. The first kappa shape index (κ1) is 13.7. The van der Waals surface area contributed by atoms with Crippen LogP contribution in [0.1, 0.15) is 19.8 Å². The molecule has 1 unspecified atom stereocenters. The predicted octanol–water partition coefficient (Wildman–Crippen LogP) is 2.18. The summed E-state index contributed by atoms with van der Waals surface area (Å²) in [6, 6.07) is 7.95. The van der Waals surface area contributed by atoms with E-state index in [9.17, 15) is 4.79 Å². The van der Waals surface area contributed by atoms with Gasteiger partial charge in [0.15, 0.2) is 0 Å². The van der Waals surface area contributed by atoms with Crippen LogP contribution in [0, 0.1) is 0 Å². The average Bonchev–Trinajstić information content (AvgIpc) is 2.92. The van der Waals surface area contributed by atoms with Crippen LogP contribution in [-0.4, -0.2) is 44.0 Å². The van der Waals surface area contributed by atoms with Gasteiger partial charge in [0, 0.05) is 38.6 Å². The van der Waals surface area contributed by atoms with E-state index in [1.807, 2.05) is 38.1 Å². The summed E-state index contributed by atoms with van der Waals surface area (Å²) in [5, 5.41) is 3.30. The van der Waals surface area contributed by atoms with Gasteiger partial charge in [-0.25, -0.2) is 0 Å². The van der Waals surface area contributed by atoms with Crippen LogP contribution in [0.25, 0.3) is 0 Å². The number of nitrogens with one attached hydrogen (secondary N) is 1. The quantitative estimate of drug-likeness (QED) is 0.902. The van der Waals surface area contributed by atoms with Crippen molar-refractivity contribution in [3.63, 3.8) is 0 Å². The summed E-state index contributed by atoms with van der Waals surface area (Å²) in [5.74, 6) is 0.202. The van der Waals surface area contributed by atoms with Gasteiger partial charge in [0.25, 0.3) is 0 Å². The lowest BCUT2D eigenvalue weighted by atomic mass is 10.2. The molecule has 1 amide bonds. The number of carbonyl (C=O) groups excluding carboxylic acids is 1. The zero-order chi connectivity index (χ0) is 13.8. The Labute approximate surface area is 115 Å². The highest BCUT2D eigenvalue weighted by molar-refractivity contribution is 5.84. The molecule has 4 heteroatoms. The Morgan fingerprint density at radius 3 is 2.63 bits per heavy atom. The second-order valence-electron chi connectivity index (χ2n) is 5.34. The van der Waals surface area contributed by atoms with E-state index in [1.54, 1.807) is 0 Å². The molecule has 0 saturated carbocycles. The second-order valence-corrected chi connectivity index (χ2v) is 5.34. The number of amides is 1. The van der Waals surface area contributed by atoms with Crippen molar-refractivity contribution >= 4 is 17.3 Å². The number of hydrogen-bond acceptors (Lipinski definition) is 3. The highest BCUT2D eigenvalue weighted by Gasteiger charge is 2.22. The van der Waals surface area contributed by atoms with Gasteiger partial charge in [-0.3, -0.25) is 4.79 Å². The van der Waals surface area contributed by atoms with Crippen LogP contribution in [0.15, 0.2) is 24.3 Å². The summed E-state index contributed by atoms with van der Waals surface area (Å²) in [6.07, 6.45) is 2.27. The van der Waals surface area contributed by atoms with Crippen molar-refractivity contribution in [1.29, 1.82) is 0 Å². The number of rotatable bonds is 4. The van der Waals surface area contributed by atoms with E-state index in [2.05, 4.69) is 22.3 Å². The molecule has 1 heterocycles. The Morgan fingerprint density at radius 2 is 2.00 bits per heavy atom. The summed E-state index contributed by atoms with van der Waals surface area (Å²) in [7, 11) is 4.02. The smallest absolute Gasteiger partial charge is 0.244 e. The van der Waals surface area contributed by atoms with E-state index in [0.29, 0.717) is 0 Å².